The van der Waals surface area contributed by atoms with Crippen LogP contribution in [-0.4, -0.2) is 20.6 Å². The molecule has 0 unspecified atom stereocenters. The lowest BCUT2D eigenvalue weighted by molar-refractivity contribution is -0.384. The first-order chi connectivity index (χ1) is 16.4. The number of hydrogen-bond donors (Lipinski definition) is 1. The summed E-state index contributed by atoms with van der Waals surface area (Å²) in [6.45, 7) is 0.565. The van der Waals surface area contributed by atoms with Crippen molar-refractivity contribution in [2.45, 2.75) is 13.2 Å². The van der Waals surface area contributed by atoms with Crippen molar-refractivity contribution < 1.29 is 14.5 Å². The topological polar surface area (TPSA) is 99.3 Å². The van der Waals surface area contributed by atoms with Crippen molar-refractivity contribution in [3.8, 4) is 5.75 Å². The van der Waals surface area contributed by atoms with E-state index >= 15 is 0 Å². The Balaban J connectivity index is 1.37. The first kappa shape index (κ1) is 23.3. The molecule has 0 aliphatic heterocycles. The van der Waals surface area contributed by atoms with Gasteiger partial charge in [0.15, 0.2) is 5.82 Å². The highest BCUT2D eigenvalue weighted by Crippen LogP contribution is 2.25. The first-order valence-corrected chi connectivity index (χ1v) is 10.9. The molecule has 0 radical (unpaired) electrons. The van der Waals surface area contributed by atoms with Crippen molar-refractivity contribution >= 4 is 40.6 Å². The Labute approximate surface area is 204 Å². The average molecular weight is 497 g/mol. The summed E-state index contributed by atoms with van der Waals surface area (Å²) < 4.78 is 7.30. The quantitative estimate of drug-likeness (QED) is 0.239. The molecule has 4 aromatic rings. The van der Waals surface area contributed by atoms with Crippen molar-refractivity contribution in [2.75, 3.05) is 5.32 Å². The Morgan fingerprint density at radius 2 is 1.74 bits per heavy atom. The van der Waals surface area contributed by atoms with Crippen LogP contribution < -0.4 is 10.1 Å². The van der Waals surface area contributed by atoms with Crippen LogP contribution in [0.1, 0.15) is 21.5 Å². The number of rotatable bonds is 8. The third-order valence-corrected chi connectivity index (χ3v) is 5.61. The normalized spacial score (nSPS) is 10.6. The van der Waals surface area contributed by atoms with Crippen LogP contribution in [0.2, 0.25) is 10.0 Å². The number of nitro groups is 1. The van der Waals surface area contributed by atoms with E-state index in [1.165, 1.54) is 24.3 Å². The minimum Gasteiger partial charge on any atom is -0.489 e. The lowest BCUT2D eigenvalue weighted by Gasteiger charge is -2.08. The number of benzene rings is 3. The summed E-state index contributed by atoms with van der Waals surface area (Å²) in [7, 11) is 0. The van der Waals surface area contributed by atoms with E-state index in [4.69, 9.17) is 27.9 Å². The fourth-order valence-corrected chi connectivity index (χ4v) is 3.70. The number of nitrogens with zero attached hydrogens (tertiary/aromatic N) is 3. The van der Waals surface area contributed by atoms with Gasteiger partial charge in [-0.2, -0.15) is 5.10 Å². The molecule has 172 valence electrons. The highest BCUT2D eigenvalue weighted by molar-refractivity contribution is 6.35. The van der Waals surface area contributed by atoms with Gasteiger partial charge in [-0.05, 0) is 42.0 Å². The van der Waals surface area contributed by atoms with E-state index in [2.05, 4.69) is 10.4 Å². The number of carbonyl (C=O) groups is 1. The molecule has 0 aliphatic rings. The molecule has 0 bridgehead atoms. The van der Waals surface area contributed by atoms with Crippen molar-refractivity contribution in [3.05, 3.63) is 116 Å². The molecule has 1 heterocycles. The van der Waals surface area contributed by atoms with Gasteiger partial charge >= 0.3 is 0 Å². The maximum absolute atomic E-state index is 12.7. The second kappa shape index (κ2) is 10.4. The molecule has 1 aromatic heterocycles. The number of amides is 1. The molecule has 4 rings (SSSR count). The molecule has 0 aliphatic carbocycles. The van der Waals surface area contributed by atoms with Crippen LogP contribution in [-0.2, 0) is 13.2 Å². The molecule has 1 amide bonds. The Morgan fingerprint density at radius 3 is 2.44 bits per heavy atom. The van der Waals surface area contributed by atoms with Crippen LogP contribution in [0, 0.1) is 10.1 Å². The smallest absolute Gasteiger partial charge is 0.269 e. The maximum Gasteiger partial charge on any atom is 0.269 e. The summed E-state index contributed by atoms with van der Waals surface area (Å²) in [4.78, 5) is 23.0. The third-order valence-electron chi connectivity index (χ3n) is 4.91. The molecule has 1 N–H and O–H groups in total. The Kier molecular flexibility index (Phi) is 7.10. The van der Waals surface area contributed by atoms with Gasteiger partial charge in [-0.1, -0.05) is 41.4 Å². The zero-order valence-corrected chi connectivity index (χ0v) is 19.2. The van der Waals surface area contributed by atoms with Crippen molar-refractivity contribution in [2.24, 2.45) is 0 Å². The molecule has 0 atom stereocenters. The van der Waals surface area contributed by atoms with Gasteiger partial charge in [0, 0.05) is 45.6 Å². The van der Waals surface area contributed by atoms with Gasteiger partial charge in [0.25, 0.3) is 11.6 Å². The lowest BCUT2D eigenvalue weighted by atomic mass is 10.1. The Morgan fingerprint density at radius 1 is 1.03 bits per heavy atom. The van der Waals surface area contributed by atoms with Gasteiger partial charge in [0.2, 0.25) is 0 Å². The third kappa shape index (κ3) is 5.72. The predicted octanol–water partition coefficient (Wildman–Crippen LogP) is 5.98. The van der Waals surface area contributed by atoms with E-state index in [9.17, 15) is 14.9 Å². The number of nitrogens with one attached hydrogen (secondary N) is 1. The van der Waals surface area contributed by atoms with Gasteiger partial charge < -0.3 is 10.1 Å². The molecule has 3 aromatic carbocycles. The number of non-ortho nitro benzene ring substituents is 1. The maximum atomic E-state index is 12.7. The summed E-state index contributed by atoms with van der Waals surface area (Å²) in [5, 5.41) is 19.0. The standard InChI is InChI=1S/C24H18Cl2N4O4/c25-21-5-2-6-22(26)20(21)14-29-12-11-23(28-29)27-24(31)17-4-1-3-16(13-17)15-34-19-9-7-18(8-10-19)30(32)33/h1-13H,14-15H2,(H,27,28,31). The van der Waals surface area contributed by atoms with E-state index in [0.717, 1.165) is 11.1 Å². The number of hydrogen-bond acceptors (Lipinski definition) is 5. The minimum atomic E-state index is -0.471. The largest absolute Gasteiger partial charge is 0.489 e. The molecule has 0 fully saturated rings. The molecule has 8 nitrogen and oxygen atoms in total. The first-order valence-electron chi connectivity index (χ1n) is 10.1. The van der Waals surface area contributed by atoms with E-state index in [1.807, 2.05) is 6.07 Å². The predicted molar refractivity (Wildman–Crippen MR) is 130 cm³/mol. The number of aromatic nitrogens is 2. The number of carbonyl (C=O) groups excluding carboxylic acids is 1. The Hall–Kier alpha value is -3.88. The van der Waals surface area contributed by atoms with E-state index in [-0.39, 0.29) is 18.2 Å². The summed E-state index contributed by atoms with van der Waals surface area (Å²) in [5.41, 5.74) is 1.94. The van der Waals surface area contributed by atoms with Gasteiger partial charge in [0.05, 0.1) is 11.5 Å². The summed E-state index contributed by atoms with van der Waals surface area (Å²) in [5.74, 6) is 0.559. The number of nitro benzene ring substituents is 1. The number of ether oxygens (including phenoxy) is 1. The van der Waals surface area contributed by atoms with Gasteiger partial charge in [0.1, 0.15) is 12.4 Å². The highest BCUT2D eigenvalue weighted by atomic mass is 35.5. The SMILES string of the molecule is O=C(Nc1ccn(Cc2c(Cl)cccc2Cl)n1)c1cccc(COc2ccc([N+](=O)[O-])cc2)c1. The van der Waals surface area contributed by atoms with E-state index < -0.39 is 4.92 Å². The van der Waals surface area contributed by atoms with Crippen LogP contribution >= 0.6 is 23.2 Å². The molecule has 34 heavy (non-hydrogen) atoms. The summed E-state index contributed by atoms with van der Waals surface area (Å²) in [6, 6.07) is 19.7. The monoisotopic (exact) mass is 496 g/mol. The van der Waals surface area contributed by atoms with Crippen molar-refractivity contribution in [3.63, 3.8) is 0 Å². The molecule has 0 saturated carbocycles. The fraction of sp³-hybridized carbons (Fsp3) is 0.0833. The average Bonchev–Trinajstić information content (AvgIpc) is 3.27. The second-order valence-corrected chi connectivity index (χ2v) is 8.11. The molecule has 10 heteroatoms. The van der Waals surface area contributed by atoms with Gasteiger partial charge in [-0.25, -0.2) is 0 Å². The summed E-state index contributed by atoms with van der Waals surface area (Å²) >= 11 is 12.4. The zero-order chi connectivity index (χ0) is 24.1. The van der Waals surface area contributed by atoms with E-state index in [1.54, 1.807) is 53.3 Å². The number of anilines is 1. The number of halogens is 2. The minimum absolute atomic E-state index is 0.0107. The molecular formula is C24H18Cl2N4O4. The second-order valence-electron chi connectivity index (χ2n) is 7.29. The molecular weight excluding hydrogens is 479 g/mol. The van der Waals surface area contributed by atoms with E-state index in [0.29, 0.717) is 33.7 Å². The van der Waals surface area contributed by atoms with Crippen LogP contribution in [0.4, 0.5) is 11.5 Å². The molecule has 0 saturated heterocycles. The van der Waals surface area contributed by atoms with Gasteiger partial charge in [-0.15, -0.1) is 0 Å². The van der Waals surface area contributed by atoms with Crippen LogP contribution in [0.3, 0.4) is 0 Å². The van der Waals surface area contributed by atoms with Crippen molar-refractivity contribution in [1.29, 1.82) is 0 Å². The lowest BCUT2D eigenvalue weighted by Crippen LogP contribution is -2.13. The van der Waals surface area contributed by atoms with Crippen LogP contribution in [0.15, 0.2) is 79.0 Å². The fourth-order valence-electron chi connectivity index (χ4n) is 3.18. The highest BCUT2D eigenvalue weighted by Gasteiger charge is 2.11. The van der Waals surface area contributed by atoms with Crippen LogP contribution in [0.5, 0.6) is 5.75 Å². The van der Waals surface area contributed by atoms with Gasteiger partial charge in [-0.3, -0.25) is 19.6 Å². The Bertz CT molecular complexity index is 1320. The molecule has 0 spiro atoms. The van der Waals surface area contributed by atoms with Crippen LogP contribution in [0.25, 0.3) is 0 Å². The van der Waals surface area contributed by atoms with Crippen molar-refractivity contribution in [1.82, 2.24) is 9.78 Å². The zero-order valence-electron chi connectivity index (χ0n) is 17.7. The summed E-state index contributed by atoms with van der Waals surface area (Å²) in [6.07, 6.45) is 1.73.